The number of Topliss-reactive ketones (excluding diaryl/α,β-unsaturated/α-hetero) is 1. The van der Waals surface area contributed by atoms with Crippen molar-refractivity contribution in [2.45, 2.75) is 19.0 Å². The van der Waals surface area contributed by atoms with Gasteiger partial charge < -0.3 is 0 Å². The number of carbonyl (C=O) groups is 1. The summed E-state index contributed by atoms with van der Waals surface area (Å²) in [6.45, 7) is 3.35. The topological polar surface area (TPSA) is 42.9 Å². The summed E-state index contributed by atoms with van der Waals surface area (Å²) >= 11 is 1.43. The minimum Gasteiger partial charge on any atom is -0.293 e. The smallest absolute Gasteiger partial charge is 0.187 e. The Morgan fingerprint density at radius 1 is 1.58 bits per heavy atom. The van der Waals surface area contributed by atoms with Crippen molar-refractivity contribution in [1.29, 1.82) is 0 Å². The van der Waals surface area contributed by atoms with Crippen molar-refractivity contribution in [2.75, 3.05) is 6.26 Å². The Morgan fingerprint density at radius 3 is 2.75 bits per heavy atom. The number of rotatable bonds is 2. The van der Waals surface area contributed by atoms with E-state index in [0.29, 0.717) is 10.9 Å². The maximum atomic E-state index is 11.0. The van der Waals surface area contributed by atoms with Gasteiger partial charge in [-0.2, -0.15) is 0 Å². The summed E-state index contributed by atoms with van der Waals surface area (Å²) in [5, 5.41) is 0.644. The molecular formula is C8H10N2OS. The van der Waals surface area contributed by atoms with E-state index in [0.717, 1.165) is 5.56 Å². The summed E-state index contributed by atoms with van der Waals surface area (Å²) in [6, 6.07) is 0. The highest BCUT2D eigenvalue weighted by molar-refractivity contribution is 7.98. The first-order chi connectivity index (χ1) is 5.65. The van der Waals surface area contributed by atoms with Crippen LogP contribution in [-0.4, -0.2) is 22.0 Å². The number of carbonyl (C=O) groups excluding carboxylic acids is 1. The first-order valence-electron chi connectivity index (χ1n) is 3.53. The number of hydrogen-bond donors (Lipinski definition) is 0. The van der Waals surface area contributed by atoms with E-state index in [-0.39, 0.29) is 5.78 Å². The van der Waals surface area contributed by atoms with Crippen LogP contribution in [0, 0.1) is 6.92 Å². The fourth-order valence-corrected chi connectivity index (χ4v) is 1.22. The van der Waals surface area contributed by atoms with Gasteiger partial charge in [-0.1, -0.05) is 11.8 Å². The molecule has 0 aromatic carbocycles. The summed E-state index contributed by atoms with van der Waals surface area (Å²) < 4.78 is 0. The normalized spacial score (nSPS) is 9.92. The Kier molecular flexibility index (Phi) is 2.81. The highest BCUT2D eigenvalue weighted by atomic mass is 32.2. The number of aryl methyl sites for hydroxylation is 1. The van der Waals surface area contributed by atoms with Crippen molar-refractivity contribution in [3.63, 3.8) is 0 Å². The van der Waals surface area contributed by atoms with Crippen LogP contribution in [0.5, 0.6) is 0 Å². The zero-order valence-electron chi connectivity index (χ0n) is 7.29. The van der Waals surface area contributed by atoms with Crippen LogP contribution >= 0.6 is 11.8 Å². The van der Waals surface area contributed by atoms with Crippen LogP contribution in [0.15, 0.2) is 11.4 Å². The summed E-state index contributed by atoms with van der Waals surface area (Å²) in [4.78, 5) is 19.2. The molecule has 1 rings (SSSR count). The van der Waals surface area contributed by atoms with Crippen LogP contribution < -0.4 is 0 Å². The molecule has 0 radical (unpaired) electrons. The van der Waals surface area contributed by atoms with E-state index in [9.17, 15) is 4.79 Å². The molecular weight excluding hydrogens is 172 g/mol. The lowest BCUT2D eigenvalue weighted by molar-refractivity contribution is 0.101. The fraction of sp³-hybridized carbons (Fsp3) is 0.375. The van der Waals surface area contributed by atoms with Crippen molar-refractivity contribution in [3.8, 4) is 0 Å². The van der Waals surface area contributed by atoms with Crippen LogP contribution in [0.2, 0.25) is 0 Å². The number of nitrogens with zero attached hydrogens (tertiary/aromatic N) is 2. The maximum absolute atomic E-state index is 11.0. The molecule has 0 unspecified atom stereocenters. The first kappa shape index (κ1) is 9.19. The Bertz CT molecular complexity index is 312. The molecule has 12 heavy (non-hydrogen) atoms. The fourth-order valence-electron chi connectivity index (χ4n) is 0.881. The second kappa shape index (κ2) is 3.67. The molecule has 0 N–H and O–H groups in total. The molecule has 0 atom stereocenters. The van der Waals surface area contributed by atoms with Gasteiger partial charge in [-0.15, -0.1) is 0 Å². The van der Waals surface area contributed by atoms with Crippen LogP contribution in [-0.2, 0) is 0 Å². The standard InChI is InChI=1S/C8H10N2OS/c1-5-4-9-8(12-3)10-7(5)6(2)11/h4H,1-3H3. The summed E-state index contributed by atoms with van der Waals surface area (Å²) in [5.41, 5.74) is 1.36. The highest BCUT2D eigenvalue weighted by Crippen LogP contribution is 2.11. The number of thioether (sulfide) groups is 1. The molecule has 1 aromatic rings. The van der Waals surface area contributed by atoms with Gasteiger partial charge in [0.1, 0.15) is 5.69 Å². The highest BCUT2D eigenvalue weighted by Gasteiger charge is 2.06. The van der Waals surface area contributed by atoms with Gasteiger partial charge in [0.2, 0.25) is 0 Å². The van der Waals surface area contributed by atoms with E-state index in [1.807, 2.05) is 13.2 Å². The van der Waals surface area contributed by atoms with Gasteiger partial charge in [-0.05, 0) is 18.7 Å². The van der Waals surface area contributed by atoms with Crippen molar-refractivity contribution in [1.82, 2.24) is 9.97 Å². The number of aromatic nitrogens is 2. The second-order valence-electron chi connectivity index (χ2n) is 2.44. The third kappa shape index (κ3) is 1.82. The Hall–Kier alpha value is -0.900. The SMILES string of the molecule is CSc1ncc(C)c(C(C)=O)n1. The van der Waals surface area contributed by atoms with Crippen molar-refractivity contribution < 1.29 is 4.79 Å². The molecule has 1 aromatic heterocycles. The minimum atomic E-state index is -0.00907. The average Bonchev–Trinajstić information content (AvgIpc) is 2.05. The maximum Gasteiger partial charge on any atom is 0.187 e. The Labute approximate surface area is 75.6 Å². The molecule has 0 aliphatic carbocycles. The molecule has 4 heteroatoms. The molecule has 0 saturated heterocycles. The summed E-state index contributed by atoms with van der Waals surface area (Å²) in [7, 11) is 0. The quantitative estimate of drug-likeness (QED) is 0.397. The van der Waals surface area contributed by atoms with E-state index in [4.69, 9.17) is 0 Å². The molecule has 0 bridgehead atoms. The molecule has 3 nitrogen and oxygen atoms in total. The zero-order chi connectivity index (χ0) is 9.14. The summed E-state index contributed by atoms with van der Waals surface area (Å²) in [5.74, 6) is -0.00907. The minimum absolute atomic E-state index is 0.00907. The molecule has 0 aliphatic rings. The Morgan fingerprint density at radius 2 is 2.25 bits per heavy atom. The molecule has 64 valence electrons. The van der Waals surface area contributed by atoms with Crippen molar-refractivity contribution >= 4 is 17.5 Å². The third-order valence-corrected chi connectivity index (χ3v) is 2.03. The molecule has 0 fully saturated rings. The monoisotopic (exact) mass is 182 g/mol. The van der Waals surface area contributed by atoms with Crippen LogP contribution in [0.4, 0.5) is 0 Å². The molecule has 0 amide bonds. The van der Waals surface area contributed by atoms with Gasteiger partial charge in [0.05, 0.1) is 0 Å². The lowest BCUT2D eigenvalue weighted by Gasteiger charge is -2.00. The molecule has 0 aliphatic heterocycles. The van der Waals surface area contributed by atoms with Crippen molar-refractivity contribution in [3.05, 3.63) is 17.5 Å². The lowest BCUT2D eigenvalue weighted by Crippen LogP contribution is -2.02. The molecule has 0 spiro atoms. The molecule has 1 heterocycles. The largest absolute Gasteiger partial charge is 0.293 e. The van der Waals surface area contributed by atoms with Gasteiger partial charge in [-0.25, -0.2) is 9.97 Å². The van der Waals surface area contributed by atoms with Gasteiger partial charge in [0.25, 0.3) is 0 Å². The van der Waals surface area contributed by atoms with Crippen LogP contribution in [0.25, 0.3) is 0 Å². The average molecular weight is 182 g/mol. The second-order valence-corrected chi connectivity index (χ2v) is 3.22. The lowest BCUT2D eigenvalue weighted by atomic mass is 10.2. The predicted octanol–water partition coefficient (Wildman–Crippen LogP) is 1.71. The Balaban J connectivity index is 3.17. The van der Waals surface area contributed by atoms with E-state index in [2.05, 4.69) is 9.97 Å². The zero-order valence-corrected chi connectivity index (χ0v) is 8.10. The predicted molar refractivity (Wildman–Crippen MR) is 48.6 cm³/mol. The number of ketones is 1. The van der Waals surface area contributed by atoms with E-state index in [1.54, 1.807) is 6.20 Å². The van der Waals surface area contributed by atoms with Crippen molar-refractivity contribution in [2.24, 2.45) is 0 Å². The summed E-state index contributed by atoms with van der Waals surface area (Å²) in [6.07, 6.45) is 3.56. The van der Waals surface area contributed by atoms with E-state index < -0.39 is 0 Å². The molecule has 0 saturated carbocycles. The van der Waals surface area contributed by atoms with Gasteiger partial charge in [-0.3, -0.25) is 4.79 Å². The van der Waals surface area contributed by atoms with E-state index >= 15 is 0 Å². The van der Waals surface area contributed by atoms with Gasteiger partial charge >= 0.3 is 0 Å². The van der Waals surface area contributed by atoms with E-state index in [1.165, 1.54) is 18.7 Å². The van der Waals surface area contributed by atoms with Gasteiger partial charge in [0, 0.05) is 13.1 Å². The third-order valence-electron chi connectivity index (χ3n) is 1.47. The van der Waals surface area contributed by atoms with Gasteiger partial charge in [0.15, 0.2) is 10.9 Å². The first-order valence-corrected chi connectivity index (χ1v) is 4.76. The van der Waals surface area contributed by atoms with Crippen LogP contribution in [0.3, 0.4) is 0 Å². The van der Waals surface area contributed by atoms with Crippen LogP contribution in [0.1, 0.15) is 23.0 Å². The number of hydrogen-bond acceptors (Lipinski definition) is 4.